The first-order valence-electron chi connectivity index (χ1n) is 5.19. The van der Waals surface area contributed by atoms with Gasteiger partial charge in [-0.2, -0.15) is 0 Å². The molecule has 0 aromatic heterocycles. The van der Waals surface area contributed by atoms with Crippen LogP contribution in [0.2, 0.25) is 0 Å². The SMILES string of the molecule is CC(C)(COc1ccc(C(N)=O)c(F)c1)C(=O)O. The Kier molecular flexibility index (Phi) is 3.90. The Morgan fingerprint density at radius 1 is 1.44 bits per heavy atom. The van der Waals surface area contributed by atoms with E-state index in [4.69, 9.17) is 15.6 Å². The van der Waals surface area contributed by atoms with Crippen LogP contribution in [-0.2, 0) is 4.79 Å². The standard InChI is InChI=1S/C12H14FNO4/c1-12(2,11(16)17)6-18-7-3-4-8(10(14)15)9(13)5-7/h3-5H,6H2,1-2H3,(H2,14,15)(H,16,17). The summed E-state index contributed by atoms with van der Waals surface area (Å²) in [5.74, 6) is -2.54. The van der Waals surface area contributed by atoms with Crippen molar-refractivity contribution in [2.24, 2.45) is 11.1 Å². The summed E-state index contributed by atoms with van der Waals surface area (Å²) >= 11 is 0. The van der Waals surface area contributed by atoms with Crippen molar-refractivity contribution in [3.05, 3.63) is 29.6 Å². The molecule has 6 heteroatoms. The van der Waals surface area contributed by atoms with E-state index in [0.717, 1.165) is 6.07 Å². The molecule has 0 spiro atoms. The van der Waals surface area contributed by atoms with Gasteiger partial charge in [-0.05, 0) is 26.0 Å². The van der Waals surface area contributed by atoms with E-state index in [1.807, 2.05) is 0 Å². The van der Waals surface area contributed by atoms with Gasteiger partial charge in [0.15, 0.2) is 0 Å². The minimum absolute atomic E-state index is 0.113. The van der Waals surface area contributed by atoms with Crippen LogP contribution in [0.5, 0.6) is 5.75 Å². The van der Waals surface area contributed by atoms with Gasteiger partial charge in [0, 0.05) is 6.07 Å². The summed E-state index contributed by atoms with van der Waals surface area (Å²) in [4.78, 5) is 21.6. The predicted octanol–water partition coefficient (Wildman–Crippen LogP) is 1.41. The third-order valence-electron chi connectivity index (χ3n) is 2.38. The van der Waals surface area contributed by atoms with Gasteiger partial charge in [0.25, 0.3) is 5.91 Å². The summed E-state index contributed by atoms with van der Waals surface area (Å²) in [5.41, 5.74) is 3.63. The fourth-order valence-corrected chi connectivity index (χ4v) is 1.11. The molecule has 0 unspecified atom stereocenters. The molecular formula is C12H14FNO4. The largest absolute Gasteiger partial charge is 0.492 e. The average Bonchev–Trinajstić information content (AvgIpc) is 2.25. The van der Waals surface area contributed by atoms with Gasteiger partial charge >= 0.3 is 5.97 Å². The molecule has 1 amide bonds. The van der Waals surface area contributed by atoms with Gasteiger partial charge < -0.3 is 15.6 Å². The lowest BCUT2D eigenvalue weighted by Crippen LogP contribution is -2.30. The van der Waals surface area contributed by atoms with Crippen molar-refractivity contribution < 1.29 is 23.8 Å². The van der Waals surface area contributed by atoms with Gasteiger partial charge in [-0.15, -0.1) is 0 Å². The highest BCUT2D eigenvalue weighted by Gasteiger charge is 2.28. The lowest BCUT2D eigenvalue weighted by Gasteiger charge is -2.19. The van der Waals surface area contributed by atoms with E-state index in [0.29, 0.717) is 0 Å². The number of primary amides is 1. The first-order valence-corrected chi connectivity index (χ1v) is 5.19. The highest BCUT2D eigenvalue weighted by molar-refractivity contribution is 5.93. The Labute approximate surface area is 103 Å². The van der Waals surface area contributed by atoms with Crippen molar-refractivity contribution in [2.75, 3.05) is 6.61 Å². The molecular weight excluding hydrogens is 241 g/mol. The minimum Gasteiger partial charge on any atom is -0.492 e. The van der Waals surface area contributed by atoms with E-state index in [1.165, 1.54) is 26.0 Å². The quantitative estimate of drug-likeness (QED) is 0.832. The van der Waals surface area contributed by atoms with Crippen molar-refractivity contribution in [1.29, 1.82) is 0 Å². The normalized spacial score (nSPS) is 11.1. The van der Waals surface area contributed by atoms with E-state index < -0.39 is 23.1 Å². The molecule has 0 bridgehead atoms. The van der Waals surface area contributed by atoms with Gasteiger partial charge in [0.1, 0.15) is 18.2 Å². The maximum absolute atomic E-state index is 13.4. The predicted molar refractivity (Wildman–Crippen MR) is 61.8 cm³/mol. The second kappa shape index (κ2) is 5.03. The second-order valence-corrected chi connectivity index (χ2v) is 4.48. The molecule has 0 saturated carbocycles. The molecule has 5 nitrogen and oxygen atoms in total. The maximum atomic E-state index is 13.4. The van der Waals surface area contributed by atoms with E-state index in [2.05, 4.69) is 0 Å². The van der Waals surface area contributed by atoms with Gasteiger partial charge in [-0.3, -0.25) is 9.59 Å². The number of carboxylic acid groups (broad SMARTS) is 1. The van der Waals surface area contributed by atoms with Gasteiger partial charge in [0.05, 0.1) is 11.0 Å². The molecule has 1 rings (SSSR count). The van der Waals surface area contributed by atoms with Crippen LogP contribution in [0.25, 0.3) is 0 Å². The number of carboxylic acids is 1. The molecule has 0 saturated heterocycles. The monoisotopic (exact) mass is 255 g/mol. The second-order valence-electron chi connectivity index (χ2n) is 4.48. The molecule has 18 heavy (non-hydrogen) atoms. The summed E-state index contributed by atoms with van der Waals surface area (Å²) in [7, 11) is 0. The number of halogens is 1. The van der Waals surface area contributed by atoms with Crippen molar-refractivity contribution in [3.63, 3.8) is 0 Å². The van der Waals surface area contributed by atoms with Crippen LogP contribution in [0.3, 0.4) is 0 Å². The van der Waals surface area contributed by atoms with Gasteiger partial charge in [-0.1, -0.05) is 0 Å². The van der Waals surface area contributed by atoms with Crippen molar-refractivity contribution in [2.45, 2.75) is 13.8 Å². The average molecular weight is 255 g/mol. The number of ether oxygens (including phenoxy) is 1. The minimum atomic E-state index is -1.08. The molecule has 0 aliphatic heterocycles. The Hall–Kier alpha value is -2.11. The third kappa shape index (κ3) is 3.19. The number of rotatable bonds is 5. The smallest absolute Gasteiger partial charge is 0.312 e. The highest BCUT2D eigenvalue weighted by atomic mass is 19.1. The van der Waals surface area contributed by atoms with Gasteiger partial charge in [0.2, 0.25) is 0 Å². The van der Waals surface area contributed by atoms with Crippen molar-refractivity contribution in [1.82, 2.24) is 0 Å². The maximum Gasteiger partial charge on any atom is 0.312 e. The van der Waals surface area contributed by atoms with Crippen molar-refractivity contribution in [3.8, 4) is 5.75 Å². The number of hydrogen-bond acceptors (Lipinski definition) is 3. The van der Waals surface area contributed by atoms with Crippen LogP contribution in [0.15, 0.2) is 18.2 Å². The summed E-state index contributed by atoms with van der Waals surface area (Å²) in [5, 5.41) is 8.88. The number of carbonyl (C=O) groups excluding carboxylic acids is 1. The van der Waals surface area contributed by atoms with E-state index >= 15 is 0 Å². The third-order valence-corrected chi connectivity index (χ3v) is 2.38. The molecule has 0 heterocycles. The summed E-state index contributed by atoms with van der Waals surface area (Å²) in [6.07, 6.45) is 0. The molecule has 1 aromatic carbocycles. The van der Waals surface area contributed by atoms with Crippen LogP contribution >= 0.6 is 0 Å². The van der Waals surface area contributed by atoms with Crippen LogP contribution in [-0.4, -0.2) is 23.6 Å². The molecule has 0 atom stereocenters. The number of aliphatic carboxylic acids is 1. The Bertz CT molecular complexity index is 485. The van der Waals surface area contributed by atoms with Crippen LogP contribution in [0.4, 0.5) is 4.39 Å². The zero-order valence-corrected chi connectivity index (χ0v) is 10.1. The molecule has 0 fully saturated rings. The zero-order valence-electron chi connectivity index (χ0n) is 10.1. The Balaban J connectivity index is 2.79. The molecule has 0 aliphatic rings. The topological polar surface area (TPSA) is 89.6 Å². The lowest BCUT2D eigenvalue weighted by molar-refractivity contribution is -0.148. The zero-order chi connectivity index (χ0) is 13.9. The van der Waals surface area contributed by atoms with E-state index in [1.54, 1.807) is 0 Å². The van der Waals surface area contributed by atoms with Crippen molar-refractivity contribution >= 4 is 11.9 Å². The molecule has 98 valence electrons. The number of carbonyl (C=O) groups is 2. The number of amides is 1. The highest BCUT2D eigenvalue weighted by Crippen LogP contribution is 2.21. The van der Waals surface area contributed by atoms with Crippen LogP contribution in [0.1, 0.15) is 24.2 Å². The lowest BCUT2D eigenvalue weighted by atomic mass is 9.95. The fourth-order valence-electron chi connectivity index (χ4n) is 1.11. The number of hydrogen-bond donors (Lipinski definition) is 2. The molecule has 0 aliphatic carbocycles. The number of nitrogens with two attached hydrogens (primary N) is 1. The van der Waals surface area contributed by atoms with Crippen LogP contribution < -0.4 is 10.5 Å². The fraction of sp³-hybridized carbons (Fsp3) is 0.333. The summed E-state index contributed by atoms with van der Waals surface area (Å²) in [6, 6.07) is 3.56. The first-order chi connectivity index (χ1) is 8.24. The van der Waals surface area contributed by atoms with E-state index in [9.17, 15) is 14.0 Å². The Morgan fingerprint density at radius 2 is 2.06 bits per heavy atom. The van der Waals surface area contributed by atoms with Gasteiger partial charge in [-0.25, -0.2) is 4.39 Å². The van der Waals surface area contributed by atoms with Crippen LogP contribution in [0, 0.1) is 11.2 Å². The number of benzene rings is 1. The molecule has 0 radical (unpaired) electrons. The first kappa shape index (κ1) is 14.0. The molecule has 1 aromatic rings. The Morgan fingerprint density at radius 3 is 2.50 bits per heavy atom. The summed E-state index contributed by atoms with van der Waals surface area (Å²) < 4.78 is 18.6. The van der Waals surface area contributed by atoms with E-state index in [-0.39, 0.29) is 17.9 Å². The molecule has 3 N–H and O–H groups in total. The summed E-state index contributed by atoms with van der Waals surface area (Å²) in [6.45, 7) is 2.87.